The molecule has 22 heavy (non-hydrogen) atoms. The minimum absolute atomic E-state index is 0.0916. The lowest BCUT2D eigenvalue weighted by atomic mass is 10.2. The van der Waals surface area contributed by atoms with Crippen molar-refractivity contribution in [1.82, 2.24) is 15.2 Å². The van der Waals surface area contributed by atoms with Gasteiger partial charge in [-0.15, -0.1) is 0 Å². The first-order valence-electron chi connectivity index (χ1n) is 7.20. The van der Waals surface area contributed by atoms with Crippen LogP contribution in [0.25, 0.3) is 10.9 Å². The largest absolute Gasteiger partial charge is 0.483 e. The van der Waals surface area contributed by atoms with Crippen molar-refractivity contribution in [3.05, 3.63) is 36.5 Å². The van der Waals surface area contributed by atoms with Gasteiger partial charge in [0.05, 0.1) is 5.52 Å². The lowest BCUT2D eigenvalue weighted by Gasteiger charge is -2.32. The van der Waals surface area contributed by atoms with E-state index in [1.165, 1.54) is 0 Å². The number of rotatable bonds is 3. The van der Waals surface area contributed by atoms with Gasteiger partial charge in [0, 0.05) is 24.7 Å². The summed E-state index contributed by atoms with van der Waals surface area (Å²) < 4.78 is 5.65. The Morgan fingerprint density at radius 3 is 3.09 bits per heavy atom. The number of carbonyl (C=O) groups is 2. The number of ether oxygens (including phenoxy) is 1. The number of pyridine rings is 1. The van der Waals surface area contributed by atoms with Crippen molar-refractivity contribution >= 4 is 22.7 Å². The van der Waals surface area contributed by atoms with Crippen LogP contribution in [0.4, 0.5) is 0 Å². The zero-order valence-electron chi connectivity index (χ0n) is 12.3. The molecule has 1 saturated heterocycles. The van der Waals surface area contributed by atoms with Gasteiger partial charge < -0.3 is 15.0 Å². The van der Waals surface area contributed by atoms with E-state index in [1.807, 2.05) is 24.3 Å². The second kappa shape index (κ2) is 6.01. The highest BCUT2D eigenvalue weighted by Gasteiger charge is 2.29. The Bertz CT molecular complexity index is 711. The summed E-state index contributed by atoms with van der Waals surface area (Å²) in [6, 6.07) is 8.87. The van der Waals surface area contributed by atoms with E-state index >= 15 is 0 Å². The van der Waals surface area contributed by atoms with Crippen LogP contribution in [-0.4, -0.2) is 47.4 Å². The third kappa shape index (κ3) is 2.72. The summed E-state index contributed by atoms with van der Waals surface area (Å²) in [5.74, 6) is 0.297. The number of hydrogen-bond acceptors (Lipinski definition) is 4. The molecule has 1 atom stereocenters. The van der Waals surface area contributed by atoms with Crippen LogP contribution in [0.3, 0.4) is 0 Å². The van der Waals surface area contributed by atoms with Crippen molar-refractivity contribution < 1.29 is 14.3 Å². The zero-order chi connectivity index (χ0) is 15.5. The summed E-state index contributed by atoms with van der Waals surface area (Å²) >= 11 is 0. The van der Waals surface area contributed by atoms with Gasteiger partial charge in [0.15, 0.2) is 6.61 Å². The van der Waals surface area contributed by atoms with E-state index < -0.39 is 6.04 Å². The highest BCUT2D eigenvalue weighted by molar-refractivity contribution is 5.89. The molecule has 0 radical (unpaired) electrons. The average molecular weight is 299 g/mol. The van der Waals surface area contributed by atoms with Gasteiger partial charge in [-0.2, -0.15) is 0 Å². The maximum atomic E-state index is 12.3. The number of hydrogen-bond donors (Lipinski definition) is 1. The maximum Gasteiger partial charge on any atom is 0.261 e. The fourth-order valence-electron chi connectivity index (χ4n) is 2.54. The van der Waals surface area contributed by atoms with E-state index in [0.717, 1.165) is 10.9 Å². The molecule has 1 aliphatic heterocycles. The standard InChI is InChI=1S/C16H17N3O3/c1-11-16(21)18-8-9-19(11)15(20)10-22-14-6-7-17-13-5-3-2-4-12(13)14/h2-7,11H,8-10H2,1H3,(H,18,21). The molecule has 2 aromatic rings. The second-order valence-corrected chi connectivity index (χ2v) is 5.17. The molecule has 1 aromatic heterocycles. The van der Waals surface area contributed by atoms with Crippen LogP contribution in [0.1, 0.15) is 6.92 Å². The molecule has 114 valence electrons. The zero-order valence-corrected chi connectivity index (χ0v) is 12.3. The van der Waals surface area contributed by atoms with Crippen LogP contribution >= 0.6 is 0 Å². The number of nitrogens with zero attached hydrogens (tertiary/aromatic N) is 2. The second-order valence-electron chi connectivity index (χ2n) is 5.17. The first-order chi connectivity index (χ1) is 10.7. The van der Waals surface area contributed by atoms with Gasteiger partial charge in [0.1, 0.15) is 11.8 Å². The average Bonchev–Trinajstić information content (AvgIpc) is 2.55. The van der Waals surface area contributed by atoms with E-state index in [9.17, 15) is 9.59 Å². The van der Waals surface area contributed by atoms with Crippen molar-refractivity contribution in [3.8, 4) is 5.75 Å². The number of benzene rings is 1. The Hall–Kier alpha value is -2.63. The summed E-state index contributed by atoms with van der Waals surface area (Å²) in [7, 11) is 0. The summed E-state index contributed by atoms with van der Waals surface area (Å²) in [6.07, 6.45) is 1.65. The van der Waals surface area contributed by atoms with Crippen molar-refractivity contribution in [2.45, 2.75) is 13.0 Å². The van der Waals surface area contributed by atoms with E-state index in [1.54, 1.807) is 24.1 Å². The van der Waals surface area contributed by atoms with Crippen molar-refractivity contribution in [2.24, 2.45) is 0 Å². The van der Waals surface area contributed by atoms with Gasteiger partial charge in [0.2, 0.25) is 5.91 Å². The Kier molecular flexibility index (Phi) is 3.91. The smallest absolute Gasteiger partial charge is 0.261 e. The van der Waals surface area contributed by atoms with Crippen LogP contribution < -0.4 is 10.1 Å². The van der Waals surface area contributed by atoms with Crippen LogP contribution in [0.5, 0.6) is 5.75 Å². The molecule has 1 aliphatic rings. The van der Waals surface area contributed by atoms with Gasteiger partial charge in [-0.1, -0.05) is 12.1 Å². The van der Waals surface area contributed by atoms with E-state index in [0.29, 0.717) is 18.8 Å². The van der Waals surface area contributed by atoms with Crippen molar-refractivity contribution in [1.29, 1.82) is 0 Å². The fourth-order valence-corrected chi connectivity index (χ4v) is 2.54. The number of para-hydroxylation sites is 1. The molecule has 1 aromatic carbocycles. The summed E-state index contributed by atoms with van der Waals surface area (Å²) in [5.41, 5.74) is 0.818. The fraction of sp³-hybridized carbons (Fsp3) is 0.312. The van der Waals surface area contributed by atoms with Crippen LogP contribution in [-0.2, 0) is 9.59 Å². The molecule has 1 unspecified atom stereocenters. The van der Waals surface area contributed by atoms with E-state index in [2.05, 4.69) is 10.3 Å². The van der Waals surface area contributed by atoms with E-state index in [-0.39, 0.29) is 18.4 Å². The molecule has 0 bridgehead atoms. The normalized spacial score (nSPS) is 18.1. The minimum atomic E-state index is -0.459. The molecule has 2 amide bonds. The molecule has 2 heterocycles. The minimum Gasteiger partial charge on any atom is -0.483 e. The predicted molar refractivity (Wildman–Crippen MR) is 81.4 cm³/mol. The molecular formula is C16H17N3O3. The van der Waals surface area contributed by atoms with Crippen LogP contribution in [0.15, 0.2) is 36.5 Å². The Morgan fingerprint density at radius 2 is 2.23 bits per heavy atom. The number of carbonyl (C=O) groups excluding carboxylic acids is 2. The number of amides is 2. The monoisotopic (exact) mass is 299 g/mol. The maximum absolute atomic E-state index is 12.3. The molecule has 6 nitrogen and oxygen atoms in total. The molecule has 1 N–H and O–H groups in total. The molecule has 0 spiro atoms. The number of nitrogens with one attached hydrogen (secondary N) is 1. The van der Waals surface area contributed by atoms with Gasteiger partial charge in [0.25, 0.3) is 5.91 Å². The van der Waals surface area contributed by atoms with Gasteiger partial charge in [-0.25, -0.2) is 0 Å². The van der Waals surface area contributed by atoms with E-state index in [4.69, 9.17) is 4.74 Å². The quantitative estimate of drug-likeness (QED) is 0.916. The lowest BCUT2D eigenvalue weighted by molar-refractivity contribution is -0.143. The number of piperazine rings is 1. The number of fused-ring (bicyclic) bond motifs is 1. The molecule has 0 saturated carbocycles. The molecular weight excluding hydrogens is 282 g/mol. The Balaban J connectivity index is 1.71. The van der Waals surface area contributed by atoms with Gasteiger partial charge in [-0.05, 0) is 25.1 Å². The highest BCUT2D eigenvalue weighted by Crippen LogP contribution is 2.23. The molecule has 3 rings (SSSR count). The highest BCUT2D eigenvalue weighted by atomic mass is 16.5. The molecule has 0 aliphatic carbocycles. The molecule has 6 heteroatoms. The first kappa shape index (κ1) is 14.3. The van der Waals surface area contributed by atoms with Crippen molar-refractivity contribution in [2.75, 3.05) is 19.7 Å². The predicted octanol–water partition coefficient (Wildman–Crippen LogP) is 0.961. The summed E-state index contributed by atoms with van der Waals surface area (Å²) in [4.78, 5) is 29.7. The number of aromatic nitrogens is 1. The SMILES string of the molecule is CC1C(=O)NCCN1C(=O)COc1ccnc2ccccc12. The Morgan fingerprint density at radius 1 is 1.41 bits per heavy atom. The van der Waals surface area contributed by atoms with Gasteiger partial charge >= 0.3 is 0 Å². The first-order valence-corrected chi connectivity index (χ1v) is 7.20. The summed E-state index contributed by atoms with van der Waals surface area (Å²) in [6.45, 7) is 2.61. The molecule has 1 fully saturated rings. The van der Waals surface area contributed by atoms with Crippen molar-refractivity contribution in [3.63, 3.8) is 0 Å². The van der Waals surface area contributed by atoms with Crippen LogP contribution in [0.2, 0.25) is 0 Å². The third-order valence-electron chi connectivity index (χ3n) is 3.78. The summed E-state index contributed by atoms with van der Waals surface area (Å²) in [5, 5.41) is 3.60. The third-order valence-corrected chi connectivity index (χ3v) is 3.78. The topological polar surface area (TPSA) is 71.5 Å². The van der Waals surface area contributed by atoms with Gasteiger partial charge in [-0.3, -0.25) is 14.6 Å². The van der Waals surface area contributed by atoms with Crippen LogP contribution in [0, 0.1) is 0 Å². The lowest BCUT2D eigenvalue weighted by Crippen LogP contribution is -2.56. The Labute approximate surface area is 128 Å².